The second kappa shape index (κ2) is 6.00. The Bertz CT molecular complexity index is 547. The number of hydrogen-bond donors (Lipinski definition) is 2. The zero-order chi connectivity index (χ0) is 13.7. The summed E-state index contributed by atoms with van der Waals surface area (Å²) in [5, 5.41) is 5.48. The van der Waals surface area contributed by atoms with Gasteiger partial charge in [-0.05, 0) is 31.0 Å². The van der Waals surface area contributed by atoms with Crippen molar-refractivity contribution < 1.29 is 4.79 Å². The number of nitrogens with zero attached hydrogens (tertiary/aromatic N) is 1. The summed E-state index contributed by atoms with van der Waals surface area (Å²) in [6.07, 6.45) is 1.72. The quantitative estimate of drug-likeness (QED) is 0.885. The summed E-state index contributed by atoms with van der Waals surface area (Å²) < 4.78 is 0. The van der Waals surface area contributed by atoms with E-state index in [4.69, 9.17) is 0 Å². The largest absolute Gasteiger partial charge is 0.334 e. The molecule has 0 aliphatic heterocycles. The molecule has 0 saturated carbocycles. The van der Waals surface area contributed by atoms with E-state index in [0.29, 0.717) is 12.4 Å². The summed E-state index contributed by atoms with van der Waals surface area (Å²) in [6, 6.07) is 11.5. The van der Waals surface area contributed by atoms with Crippen molar-refractivity contribution >= 4 is 11.8 Å². The van der Waals surface area contributed by atoms with Gasteiger partial charge in [0, 0.05) is 12.7 Å². The van der Waals surface area contributed by atoms with Crippen LogP contribution >= 0.6 is 0 Å². The zero-order valence-corrected chi connectivity index (χ0v) is 11.1. The van der Waals surface area contributed by atoms with Gasteiger partial charge in [0.25, 0.3) is 0 Å². The standard InChI is InChI=1S/C15H17N3O/c1-11-3-6-13(7-4-11)10-17-15(19)18-14-8-5-12(2)9-16-14/h3-9H,10H2,1-2H3,(H2,16,17,18,19). The van der Waals surface area contributed by atoms with Gasteiger partial charge in [0.15, 0.2) is 0 Å². The maximum absolute atomic E-state index is 11.7. The molecule has 0 unspecified atom stereocenters. The van der Waals surface area contributed by atoms with Crippen LogP contribution in [-0.2, 0) is 6.54 Å². The van der Waals surface area contributed by atoms with Crippen molar-refractivity contribution in [1.29, 1.82) is 0 Å². The molecule has 0 aliphatic carbocycles. The van der Waals surface area contributed by atoms with Gasteiger partial charge in [-0.25, -0.2) is 9.78 Å². The summed E-state index contributed by atoms with van der Waals surface area (Å²) in [7, 11) is 0. The number of carbonyl (C=O) groups is 1. The first-order chi connectivity index (χ1) is 9.13. The molecule has 2 N–H and O–H groups in total. The minimum atomic E-state index is -0.253. The molecule has 1 aromatic heterocycles. The minimum absolute atomic E-state index is 0.253. The molecule has 1 heterocycles. The number of urea groups is 1. The normalized spacial score (nSPS) is 10.0. The summed E-state index contributed by atoms with van der Waals surface area (Å²) >= 11 is 0. The molecule has 19 heavy (non-hydrogen) atoms. The molecule has 2 aromatic rings. The molecule has 0 atom stereocenters. The summed E-state index contributed by atoms with van der Waals surface area (Å²) in [4.78, 5) is 15.8. The molecule has 0 fully saturated rings. The molecule has 4 heteroatoms. The summed E-state index contributed by atoms with van der Waals surface area (Å²) in [6.45, 7) is 4.49. The zero-order valence-electron chi connectivity index (χ0n) is 11.1. The molecule has 0 saturated heterocycles. The van der Waals surface area contributed by atoms with E-state index >= 15 is 0 Å². The Morgan fingerprint density at radius 1 is 1.05 bits per heavy atom. The number of anilines is 1. The van der Waals surface area contributed by atoms with Crippen LogP contribution in [0.2, 0.25) is 0 Å². The van der Waals surface area contributed by atoms with Crippen molar-refractivity contribution in [3.8, 4) is 0 Å². The predicted octanol–water partition coefficient (Wildman–Crippen LogP) is 3.02. The summed E-state index contributed by atoms with van der Waals surface area (Å²) in [5.41, 5.74) is 3.33. The number of hydrogen-bond acceptors (Lipinski definition) is 2. The highest BCUT2D eigenvalue weighted by atomic mass is 16.2. The molecular weight excluding hydrogens is 238 g/mol. The lowest BCUT2D eigenvalue weighted by atomic mass is 10.1. The van der Waals surface area contributed by atoms with Crippen molar-refractivity contribution in [3.63, 3.8) is 0 Å². The van der Waals surface area contributed by atoms with Crippen LogP contribution in [0.3, 0.4) is 0 Å². The average molecular weight is 255 g/mol. The van der Waals surface area contributed by atoms with E-state index in [0.717, 1.165) is 11.1 Å². The molecule has 2 rings (SSSR count). The van der Waals surface area contributed by atoms with Gasteiger partial charge in [-0.15, -0.1) is 0 Å². The third kappa shape index (κ3) is 4.10. The molecule has 4 nitrogen and oxygen atoms in total. The Labute approximate surface area is 112 Å². The minimum Gasteiger partial charge on any atom is -0.334 e. The van der Waals surface area contributed by atoms with E-state index < -0.39 is 0 Å². The van der Waals surface area contributed by atoms with Crippen molar-refractivity contribution in [2.45, 2.75) is 20.4 Å². The number of rotatable bonds is 3. The van der Waals surface area contributed by atoms with Crippen molar-refractivity contribution in [1.82, 2.24) is 10.3 Å². The molecule has 2 amide bonds. The third-order valence-corrected chi connectivity index (χ3v) is 2.73. The fourth-order valence-electron chi connectivity index (χ4n) is 1.59. The number of aryl methyl sites for hydroxylation is 2. The highest BCUT2D eigenvalue weighted by molar-refractivity contribution is 5.88. The smallest absolute Gasteiger partial charge is 0.320 e. The monoisotopic (exact) mass is 255 g/mol. The Morgan fingerprint density at radius 3 is 2.37 bits per heavy atom. The third-order valence-electron chi connectivity index (χ3n) is 2.73. The number of nitrogens with one attached hydrogen (secondary N) is 2. The van der Waals surface area contributed by atoms with Gasteiger partial charge in [0.1, 0.15) is 5.82 Å². The van der Waals surface area contributed by atoms with Gasteiger partial charge < -0.3 is 5.32 Å². The highest BCUT2D eigenvalue weighted by Crippen LogP contribution is 2.04. The Kier molecular flexibility index (Phi) is 4.13. The lowest BCUT2D eigenvalue weighted by Gasteiger charge is -2.07. The van der Waals surface area contributed by atoms with Crippen LogP contribution in [-0.4, -0.2) is 11.0 Å². The first kappa shape index (κ1) is 13.1. The number of pyridine rings is 1. The first-order valence-corrected chi connectivity index (χ1v) is 6.16. The lowest BCUT2D eigenvalue weighted by Crippen LogP contribution is -2.28. The summed E-state index contributed by atoms with van der Waals surface area (Å²) in [5.74, 6) is 0.548. The maximum Gasteiger partial charge on any atom is 0.320 e. The Balaban J connectivity index is 1.84. The first-order valence-electron chi connectivity index (χ1n) is 6.16. The number of carbonyl (C=O) groups excluding carboxylic acids is 1. The second-order valence-electron chi connectivity index (χ2n) is 4.51. The molecule has 98 valence electrons. The van der Waals surface area contributed by atoms with E-state index in [-0.39, 0.29) is 6.03 Å². The van der Waals surface area contributed by atoms with Gasteiger partial charge in [0.2, 0.25) is 0 Å². The fourth-order valence-corrected chi connectivity index (χ4v) is 1.59. The van der Waals surface area contributed by atoms with Crippen LogP contribution in [0, 0.1) is 13.8 Å². The lowest BCUT2D eigenvalue weighted by molar-refractivity contribution is 0.251. The van der Waals surface area contributed by atoms with Crippen molar-refractivity contribution in [2.75, 3.05) is 5.32 Å². The predicted molar refractivity (Wildman–Crippen MR) is 76.0 cm³/mol. The molecule has 0 spiro atoms. The van der Waals surface area contributed by atoms with Gasteiger partial charge in [0.05, 0.1) is 0 Å². The van der Waals surface area contributed by atoms with Gasteiger partial charge in [-0.2, -0.15) is 0 Å². The van der Waals surface area contributed by atoms with E-state index in [1.165, 1.54) is 5.56 Å². The average Bonchev–Trinajstić information content (AvgIpc) is 2.41. The van der Waals surface area contributed by atoms with Crippen LogP contribution in [0.4, 0.5) is 10.6 Å². The van der Waals surface area contributed by atoms with Gasteiger partial charge >= 0.3 is 6.03 Å². The highest BCUT2D eigenvalue weighted by Gasteiger charge is 2.02. The van der Waals surface area contributed by atoms with Crippen LogP contribution in [0.25, 0.3) is 0 Å². The number of amides is 2. The molecule has 0 radical (unpaired) electrons. The SMILES string of the molecule is Cc1ccc(CNC(=O)Nc2ccc(C)cn2)cc1. The van der Waals surface area contributed by atoms with E-state index in [9.17, 15) is 4.79 Å². The van der Waals surface area contributed by atoms with Crippen LogP contribution in [0.15, 0.2) is 42.6 Å². The molecule has 1 aromatic carbocycles. The van der Waals surface area contributed by atoms with Crippen molar-refractivity contribution in [2.24, 2.45) is 0 Å². The van der Waals surface area contributed by atoms with Crippen molar-refractivity contribution in [3.05, 3.63) is 59.3 Å². The van der Waals surface area contributed by atoms with Crippen LogP contribution < -0.4 is 10.6 Å². The Hall–Kier alpha value is -2.36. The topological polar surface area (TPSA) is 54.0 Å². The maximum atomic E-state index is 11.7. The van der Waals surface area contributed by atoms with E-state index in [1.807, 2.05) is 44.2 Å². The number of aromatic nitrogens is 1. The number of benzene rings is 1. The van der Waals surface area contributed by atoms with E-state index in [1.54, 1.807) is 12.3 Å². The van der Waals surface area contributed by atoms with E-state index in [2.05, 4.69) is 15.6 Å². The van der Waals surface area contributed by atoms with Crippen LogP contribution in [0.1, 0.15) is 16.7 Å². The molecule has 0 aliphatic rings. The fraction of sp³-hybridized carbons (Fsp3) is 0.200. The molecular formula is C15H17N3O. The van der Waals surface area contributed by atoms with Gasteiger partial charge in [-0.1, -0.05) is 35.9 Å². The van der Waals surface area contributed by atoms with Gasteiger partial charge in [-0.3, -0.25) is 5.32 Å². The molecule has 0 bridgehead atoms. The Morgan fingerprint density at radius 2 is 1.74 bits per heavy atom. The second-order valence-corrected chi connectivity index (χ2v) is 4.51. The van der Waals surface area contributed by atoms with Crippen LogP contribution in [0.5, 0.6) is 0 Å².